The number of hydrogen-bond acceptors (Lipinski definition) is 6. The summed E-state index contributed by atoms with van der Waals surface area (Å²) in [5, 5.41) is 11.6. The Hall–Kier alpha value is -3.00. The molecule has 3 heterocycles. The number of carbonyl (C=O) groups is 1. The summed E-state index contributed by atoms with van der Waals surface area (Å²) < 4.78 is 7.41. The predicted molar refractivity (Wildman–Crippen MR) is 114 cm³/mol. The number of aromatic nitrogens is 3. The number of amides is 1. The van der Waals surface area contributed by atoms with Crippen molar-refractivity contribution in [3.8, 4) is 0 Å². The first-order valence-electron chi connectivity index (χ1n) is 9.47. The van der Waals surface area contributed by atoms with Gasteiger partial charge in [-0.3, -0.25) is 4.79 Å². The molecule has 4 rings (SSSR count). The summed E-state index contributed by atoms with van der Waals surface area (Å²) in [5.74, 6) is 1.90. The second-order valence-electron chi connectivity index (χ2n) is 6.88. The molecule has 7 nitrogen and oxygen atoms in total. The van der Waals surface area contributed by atoms with Crippen molar-refractivity contribution in [2.24, 2.45) is 0 Å². The third-order valence-corrected chi connectivity index (χ3v) is 5.74. The van der Waals surface area contributed by atoms with Crippen LogP contribution in [0.25, 0.3) is 0 Å². The highest BCUT2D eigenvalue weighted by Crippen LogP contribution is 2.37. The fourth-order valence-corrected chi connectivity index (χ4v) is 3.96. The number of allylic oxidation sites excluding steroid dienone is 1. The summed E-state index contributed by atoms with van der Waals surface area (Å²) in [4.78, 5) is 17.9. The highest BCUT2D eigenvalue weighted by atomic mass is 32.2. The number of rotatable bonds is 5. The van der Waals surface area contributed by atoms with E-state index in [1.807, 2.05) is 51.1 Å². The largest absolute Gasteiger partial charge is 0.467 e. The van der Waals surface area contributed by atoms with Crippen LogP contribution in [-0.2, 0) is 4.79 Å². The van der Waals surface area contributed by atoms with Gasteiger partial charge in [-0.1, -0.05) is 30.8 Å². The average molecular weight is 410 g/mol. The predicted octanol–water partition coefficient (Wildman–Crippen LogP) is 4.53. The summed E-state index contributed by atoms with van der Waals surface area (Å²) in [6, 6.07) is 9.04. The molecule has 0 radical (unpaired) electrons. The second kappa shape index (κ2) is 7.79. The van der Waals surface area contributed by atoms with E-state index in [1.54, 1.807) is 22.7 Å². The van der Waals surface area contributed by atoms with E-state index in [9.17, 15) is 4.79 Å². The molecule has 150 valence electrons. The third-order valence-electron chi connectivity index (χ3n) is 5.02. The van der Waals surface area contributed by atoms with Crippen molar-refractivity contribution < 1.29 is 9.21 Å². The molecule has 0 saturated carbocycles. The van der Waals surface area contributed by atoms with Crippen molar-refractivity contribution >= 4 is 29.3 Å². The number of anilines is 2. The molecular formula is C21H23N5O2S. The topological polar surface area (TPSA) is 85.0 Å². The zero-order chi connectivity index (χ0) is 20.5. The lowest BCUT2D eigenvalue weighted by Gasteiger charge is -2.27. The molecule has 1 unspecified atom stereocenters. The first kappa shape index (κ1) is 19.3. The number of furan rings is 1. The van der Waals surface area contributed by atoms with Gasteiger partial charge in [-0.15, -0.1) is 5.10 Å². The lowest BCUT2D eigenvalue weighted by atomic mass is 9.99. The number of hydrogen-bond donors (Lipinski definition) is 2. The van der Waals surface area contributed by atoms with E-state index in [0.717, 1.165) is 28.3 Å². The van der Waals surface area contributed by atoms with Gasteiger partial charge in [0, 0.05) is 11.4 Å². The van der Waals surface area contributed by atoms with E-state index in [0.29, 0.717) is 22.4 Å². The fraction of sp³-hybridized carbons (Fsp3) is 0.286. The van der Waals surface area contributed by atoms with Gasteiger partial charge in [0.05, 0.1) is 11.8 Å². The van der Waals surface area contributed by atoms with Crippen LogP contribution in [0.5, 0.6) is 0 Å². The molecule has 0 aliphatic carbocycles. The van der Waals surface area contributed by atoms with Crippen LogP contribution in [-0.4, -0.2) is 26.4 Å². The minimum atomic E-state index is -0.495. The minimum Gasteiger partial charge on any atom is -0.467 e. The summed E-state index contributed by atoms with van der Waals surface area (Å²) >= 11 is 1.55. The SMILES string of the molecule is CCSc1nc2n(n1)C(c1ccco1)C(C(=O)Nc1cccc(C)c1C)=C(C)N2. The van der Waals surface area contributed by atoms with E-state index in [2.05, 4.69) is 27.6 Å². The molecule has 2 aromatic heterocycles. The maximum absolute atomic E-state index is 13.4. The van der Waals surface area contributed by atoms with Gasteiger partial charge in [0.1, 0.15) is 11.8 Å². The number of aryl methyl sites for hydroxylation is 1. The van der Waals surface area contributed by atoms with Gasteiger partial charge < -0.3 is 15.1 Å². The first-order valence-corrected chi connectivity index (χ1v) is 10.5. The smallest absolute Gasteiger partial charge is 0.256 e. The molecule has 0 saturated heterocycles. The van der Waals surface area contributed by atoms with E-state index < -0.39 is 6.04 Å². The number of nitrogens with zero attached hydrogens (tertiary/aromatic N) is 3. The summed E-state index contributed by atoms with van der Waals surface area (Å²) in [6.07, 6.45) is 1.60. The molecule has 29 heavy (non-hydrogen) atoms. The Morgan fingerprint density at radius 3 is 2.83 bits per heavy atom. The van der Waals surface area contributed by atoms with Gasteiger partial charge in [0.15, 0.2) is 0 Å². The standard InChI is InChI=1S/C21H23N5O2S/c1-5-29-21-24-20-22-14(4)17(18(26(20)25-21)16-10-7-11-28-16)19(27)23-15-9-6-8-12(2)13(15)3/h6-11,18H,5H2,1-4H3,(H,23,27)(H,22,24,25). The van der Waals surface area contributed by atoms with Crippen LogP contribution >= 0.6 is 11.8 Å². The van der Waals surface area contributed by atoms with Crippen LogP contribution < -0.4 is 10.6 Å². The van der Waals surface area contributed by atoms with Crippen LogP contribution in [0.3, 0.4) is 0 Å². The van der Waals surface area contributed by atoms with Gasteiger partial charge in [-0.2, -0.15) is 4.98 Å². The Kier molecular flexibility index (Phi) is 5.19. The molecule has 0 bridgehead atoms. The monoisotopic (exact) mass is 409 g/mol. The minimum absolute atomic E-state index is 0.198. The Morgan fingerprint density at radius 2 is 2.10 bits per heavy atom. The van der Waals surface area contributed by atoms with Crippen LogP contribution in [0.15, 0.2) is 57.4 Å². The fourth-order valence-electron chi connectivity index (χ4n) is 3.40. The molecule has 2 N–H and O–H groups in total. The Labute approximate surface area is 173 Å². The van der Waals surface area contributed by atoms with Crippen LogP contribution in [0.2, 0.25) is 0 Å². The first-order chi connectivity index (χ1) is 14.0. The summed E-state index contributed by atoms with van der Waals surface area (Å²) in [6.45, 7) is 7.95. The zero-order valence-electron chi connectivity index (χ0n) is 16.8. The van der Waals surface area contributed by atoms with Crippen LogP contribution in [0.1, 0.15) is 36.8 Å². The molecule has 1 aromatic carbocycles. The Balaban J connectivity index is 1.75. The lowest BCUT2D eigenvalue weighted by molar-refractivity contribution is -0.113. The van der Waals surface area contributed by atoms with Gasteiger partial charge >= 0.3 is 0 Å². The van der Waals surface area contributed by atoms with Gasteiger partial charge in [-0.05, 0) is 55.9 Å². The highest BCUT2D eigenvalue weighted by Gasteiger charge is 2.36. The normalized spacial score (nSPS) is 15.8. The van der Waals surface area contributed by atoms with E-state index in [4.69, 9.17) is 4.42 Å². The molecule has 8 heteroatoms. The van der Waals surface area contributed by atoms with E-state index in [-0.39, 0.29) is 5.91 Å². The number of nitrogens with one attached hydrogen (secondary N) is 2. The zero-order valence-corrected chi connectivity index (χ0v) is 17.6. The quantitative estimate of drug-likeness (QED) is 0.603. The van der Waals surface area contributed by atoms with Crippen LogP contribution in [0.4, 0.5) is 11.6 Å². The van der Waals surface area contributed by atoms with Crippen molar-refractivity contribution in [2.75, 3.05) is 16.4 Å². The average Bonchev–Trinajstić information content (AvgIpc) is 3.34. The third kappa shape index (κ3) is 3.55. The van der Waals surface area contributed by atoms with Crippen molar-refractivity contribution in [1.82, 2.24) is 14.8 Å². The van der Waals surface area contributed by atoms with Gasteiger partial charge in [0.2, 0.25) is 11.1 Å². The molecule has 1 amide bonds. The molecule has 0 spiro atoms. The number of benzene rings is 1. The van der Waals surface area contributed by atoms with Crippen molar-refractivity contribution in [1.29, 1.82) is 0 Å². The van der Waals surface area contributed by atoms with Crippen molar-refractivity contribution in [2.45, 2.75) is 38.9 Å². The van der Waals surface area contributed by atoms with Gasteiger partial charge in [-0.25, -0.2) is 4.68 Å². The maximum atomic E-state index is 13.4. The Morgan fingerprint density at radius 1 is 1.28 bits per heavy atom. The molecule has 1 atom stereocenters. The Bertz CT molecular complexity index is 1080. The summed E-state index contributed by atoms with van der Waals surface area (Å²) in [5.41, 5.74) is 4.23. The van der Waals surface area contributed by atoms with E-state index >= 15 is 0 Å². The number of thioether (sulfide) groups is 1. The van der Waals surface area contributed by atoms with Crippen molar-refractivity contribution in [3.63, 3.8) is 0 Å². The molecule has 1 aliphatic rings. The molecule has 1 aliphatic heterocycles. The molecular weight excluding hydrogens is 386 g/mol. The molecule has 3 aromatic rings. The van der Waals surface area contributed by atoms with Gasteiger partial charge in [0.25, 0.3) is 5.91 Å². The lowest BCUT2D eigenvalue weighted by Crippen LogP contribution is -2.31. The molecule has 0 fully saturated rings. The number of fused-ring (bicyclic) bond motifs is 1. The maximum Gasteiger partial charge on any atom is 0.256 e. The van der Waals surface area contributed by atoms with Crippen molar-refractivity contribution in [3.05, 3.63) is 64.8 Å². The highest BCUT2D eigenvalue weighted by molar-refractivity contribution is 7.99. The van der Waals surface area contributed by atoms with Crippen LogP contribution in [0, 0.1) is 13.8 Å². The number of carbonyl (C=O) groups excluding carboxylic acids is 1. The summed E-state index contributed by atoms with van der Waals surface area (Å²) in [7, 11) is 0. The van der Waals surface area contributed by atoms with E-state index in [1.165, 1.54) is 0 Å². The second-order valence-corrected chi connectivity index (χ2v) is 8.11.